The fraction of sp³-hybridized carbons (Fsp3) is 0.240. The molecule has 0 unspecified atom stereocenters. The minimum atomic E-state index is -0.292. The van der Waals surface area contributed by atoms with Gasteiger partial charge < -0.3 is 11.1 Å². The average molecular weight is 460 g/mol. The Bertz CT molecular complexity index is 1400. The largest absolute Gasteiger partial charge is 0.375 e. The second kappa shape index (κ2) is 7.25. The van der Waals surface area contributed by atoms with E-state index in [0.717, 1.165) is 51.1 Å². The van der Waals surface area contributed by atoms with Crippen LogP contribution in [-0.4, -0.2) is 22.5 Å². The molecule has 0 radical (unpaired) electrons. The molecular weight excluding hydrogens is 437 g/mol. The first-order chi connectivity index (χ1) is 15.9. The summed E-state index contributed by atoms with van der Waals surface area (Å²) in [5.74, 6) is -0.292. The Morgan fingerprint density at radius 3 is 2.73 bits per heavy atom. The molecule has 1 aliphatic heterocycles. The molecule has 1 fully saturated rings. The Labute approximate surface area is 194 Å². The predicted molar refractivity (Wildman–Crippen MR) is 129 cm³/mol. The third-order valence-corrected chi connectivity index (χ3v) is 7.52. The smallest absolute Gasteiger partial charge is 0.322 e. The van der Waals surface area contributed by atoms with Gasteiger partial charge in [0.05, 0.1) is 27.6 Å². The van der Waals surface area contributed by atoms with E-state index in [4.69, 9.17) is 10.7 Å². The number of nitrogens with two attached hydrogens (primary N) is 1. The van der Waals surface area contributed by atoms with Crippen LogP contribution >= 0.6 is 11.3 Å². The Kier molecular flexibility index (Phi) is 4.42. The molecule has 3 heterocycles. The van der Waals surface area contributed by atoms with Crippen molar-refractivity contribution >= 4 is 38.4 Å². The number of nitrogen functional groups attached to an aromatic ring is 1. The minimum Gasteiger partial charge on any atom is -0.375 e. The predicted octanol–water partition coefficient (Wildman–Crippen LogP) is 5.40. The number of rotatable bonds is 3. The van der Waals surface area contributed by atoms with Gasteiger partial charge in [-0.25, -0.2) is 14.2 Å². The highest BCUT2D eigenvalue weighted by atomic mass is 32.1. The van der Waals surface area contributed by atoms with Gasteiger partial charge in [-0.2, -0.15) is 0 Å². The quantitative estimate of drug-likeness (QED) is 0.430. The summed E-state index contributed by atoms with van der Waals surface area (Å²) in [7, 11) is 0. The van der Waals surface area contributed by atoms with Crippen LogP contribution in [0, 0.1) is 5.82 Å². The number of carbonyl (C=O) groups excluding carboxylic acids is 1. The lowest BCUT2D eigenvalue weighted by Crippen LogP contribution is -2.41. The summed E-state index contributed by atoms with van der Waals surface area (Å²) in [6.07, 6.45) is 3.97. The monoisotopic (exact) mass is 459 g/mol. The number of nitrogens with zero attached hydrogens (tertiary/aromatic N) is 3. The molecule has 1 atom stereocenters. The number of halogens is 1. The van der Waals surface area contributed by atoms with Gasteiger partial charge in [-0.1, -0.05) is 29.5 Å². The first kappa shape index (κ1) is 20.1. The Morgan fingerprint density at radius 2 is 1.97 bits per heavy atom. The Morgan fingerprint density at radius 1 is 1.18 bits per heavy atom. The van der Waals surface area contributed by atoms with Crippen LogP contribution in [-0.2, 0) is 5.41 Å². The summed E-state index contributed by atoms with van der Waals surface area (Å²) in [6, 6.07) is 13.9. The van der Waals surface area contributed by atoms with Crippen LogP contribution in [0.2, 0.25) is 0 Å². The number of nitrogens with one attached hydrogen (secondary N) is 1. The molecule has 0 bridgehead atoms. The number of hydrogen-bond acceptors (Lipinski definition) is 5. The van der Waals surface area contributed by atoms with Gasteiger partial charge in [0.2, 0.25) is 0 Å². The number of amides is 2. The maximum atomic E-state index is 13.3. The van der Waals surface area contributed by atoms with Crippen molar-refractivity contribution < 1.29 is 9.18 Å². The molecule has 0 saturated heterocycles. The Hall–Kier alpha value is -3.52. The zero-order chi connectivity index (χ0) is 22.7. The van der Waals surface area contributed by atoms with Crippen molar-refractivity contribution in [1.82, 2.24) is 15.3 Å². The minimum absolute atomic E-state index is 0.0274. The van der Waals surface area contributed by atoms with Crippen LogP contribution in [0.1, 0.15) is 37.1 Å². The first-order valence-electron chi connectivity index (χ1n) is 10.9. The SMILES string of the molecule is C[C@H](NC(=O)N1CC2(CC2)c2ncc(-c3ccc4nc(N)sc4c3)cc21)c1ccc(F)cc1. The van der Waals surface area contributed by atoms with Gasteiger partial charge in [0, 0.05) is 23.7 Å². The second-order valence-electron chi connectivity index (χ2n) is 8.92. The lowest BCUT2D eigenvalue weighted by Gasteiger charge is -2.22. The third kappa shape index (κ3) is 3.41. The molecule has 2 aromatic heterocycles. The summed E-state index contributed by atoms with van der Waals surface area (Å²) >= 11 is 1.46. The number of pyridine rings is 1. The van der Waals surface area contributed by atoms with Gasteiger partial charge in [-0.05, 0) is 61.2 Å². The van der Waals surface area contributed by atoms with Crippen LogP contribution in [0.25, 0.3) is 21.3 Å². The van der Waals surface area contributed by atoms with E-state index < -0.39 is 0 Å². The standard InChI is InChI=1S/C25H22FN5OS/c1-14(15-2-5-18(26)6-3-15)29-24(32)31-13-25(8-9-25)22-20(31)10-17(12-28-22)16-4-7-19-21(11-16)33-23(27)30-19/h2-7,10-12,14H,8-9,13H2,1H3,(H2,27,30)(H,29,32)/t14-/m0/s1. The fourth-order valence-corrected chi connectivity index (χ4v) is 5.41. The molecule has 8 heteroatoms. The number of hydrogen-bond donors (Lipinski definition) is 2. The van der Waals surface area contributed by atoms with Crippen molar-refractivity contribution in [3.63, 3.8) is 0 Å². The molecule has 6 nitrogen and oxygen atoms in total. The van der Waals surface area contributed by atoms with Crippen LogP contribution in [0.15, 0.2) is 54.7 Å². The summed E-state index contributed by atoms with van der Waals surface area (Å²) in [5, 5.41) is 3.61. The van der Waals surface area contributed by atoms with E-state index in [1.54, 1.807) is 12.1 Å². The molecule has 166 valence electrons. The number of urea groups is 1. The van der Waals surface area contributed by atoms with E-state index in [9.17, 15) is 9.18 Å². The highest BCUT2D eigenvalue weighted by molar-refractivity contribution is 7.22. The number of benzene rings is 2. The van der Waals surface area contributed by atoms with E-state index in [-0.39, 0.29) is 23.3 Å². The van der Waals surface area contributed by atoms with E-state index in [0.29, 0.717) is 11.7 Å². The molecule has 2 amide bonds. The molecule has 1 saturated carbocycles. The zero-order valence-corrected chi connectivity index (χ0v) is 18.8. The highest BCUT2D eigenvalue weighted by Crippen LogP contribution is 2.56. The van der Waals surface area contributed by atoms with Gasteiger partial charge in [0.25, 0.3) is 0 Å². The first-order valence-corrected chi connectivity index (χ1v) is 11.7. The van der Waals surface area contributed by atoms with Crippen LogP contribution in [0.3, 0.4) is 0 Å². The summed E-state index contributed by atoms with van der Waals surface area (Å²) in [4.78, 5) is 24.2. The summed E-state index contributed by atoms with van der Waals surface area (Å²) in [5.41, 5.74) is 11.4. The van der Waals surface area contributed by atoms with Gasteiger partial charge in [0.15, 0.2) is 5.13 Å². The summed E-state index contributed by atoms with van der Waals surface area (Å²) in [6.45, 7) is 2.53. The molecule has 2 aromatic carbocycles. The number of fused-ring (bicyclic) bond motifs is 3. The van der Waals surface area contributed by atoms with Crippen LogP contribution in [0.4, 0.5) is 20.0 Å². The lowest BCUT2D eigenvalue weighted by molar-refractivity contribution is 0.243. The van der Waals surface area contributed by atoms with Crippen molar-refractivity contribution in [2.75, 3.05) is 17.2 Å². The van der Waals surface area contributed by atoms with Crippen molar-refractivity contribution in [2.24, 2.45) is 0 Å². The van der Waals surface area contributed by atoms with Gasteiger partial charge in [0.1, 0.15) is 5.82 Å². The molecule has 1 aliphatic carbocycles. The average Bonchev–Trinajstić information content (AvgIpc) is 3.38. The van der Waals surface area contributed by atoms with Crippen LogP contribution < -0.4 is 16.0 Å². The number of carbonyl (C=O) groups is 1. The molecule has 33 heavy (non-hydrogen) atoms. The number of thiazole rings is 1. The highest BCUT2D eigenvalue weighted by Gasteiger charge is 2.54. The second-order valence-corrected chi connectivity index (χ2v) is 9.98. The van der Waals surface area contributed by atoms with E-state index in [1.807, 2.05) is 30.2 Å². The number of anilines is 2. The van der Waals surface area contributed by atoms with Gasteiger partial charge in [-0.3, -0.25) is 9.88 Å². The number of aromatic nitrogens is 2. The van der Waals surface area contributed by atoms with Gasteiger partial charge in [-0.15, -0.1) is 0 Å². The Balaban J connectivity index is 1.32. The zero-order valence-electron chi connectivity index (χ0n) is 18.0. The van der Waals surface area contributed by atoms with Crippen molar-refractivity contribution in [3.05, 3.63) is 71.8 Å². The van der Waals surface area contributed by atoms with Gasteiger partial charge >= 0.3 is 6.03 Å². The lowest BCUT2D eigenvalue weighted by atomic mass is 10.0. The molecule has 4 aromatic rings. The molecular formula is C25H22FN5OS. The van der Waals surface area contributed by atoms with Crippen LogP contribution in [0.5, 0.6) is 0 Å². The summed E-state index contributed by atoms with van der Waals surface area (Å²) < 4.78 is 14.3. The van der Waals surface area contributed by atoms with Crippen molar-refractivity contribution in [2.45, 2.75) is 31.2 Å². The van der Waals surface area contributed by atoms with Crippen molar-refractivity contribution in [1.29, 1.82) is 0 Å². The molecule has 6 rings (SSSR count). The maximum absolute atomic E-state index is 13.3. The van der Waals surface area contributed by atoms with E-state index in [1.165, 1.54) is 23.5 Å². The molecule has 1 spiro atoms. The van der Waals surface area contributed by atoms with E-state index in [2.05, 4.69) is 22.4 Å². The normalized spacial score (nSPS) is 16.7. The van der Waals surface area contributed by atoms with E-state index >= 15 is 0 Å². The molecule has 2 aliphatic rings. The van der Waals surface area contributed by atoms with Crippen molar-refractivity contribution in [3.8, 4) is 11.1 Å². The third-order valence-electron chi connectivity index (χ3n) is 6.67. The topological polar surface area (TPSA) is 84.1 Å². The fourth-order valence-electron chi connectivity index (χ4n) is 4.64. The maximum Gasteiger partial charge on any atom is 0.322 e. The molecule has 3 N–H and O–H groups in total.